The summed E-state index contributed by atoms with van der Waals surface area (Å²) in [4.78, 5) is 14.7. The Bertz CT molecular complexity index is 1000. The quantitative estimate of drug-likeness (QED) is 0.314. The summed E-state index contributed by atoms with van der Waals surface area (Å²) in [6.07, 6.45) is 0. The first-order valence-corrected chi connectivity index (χ1v) is 19.4. The lowest BCUT2D eigenvalue weighted by Gasteiger charge is -2.42. The van der Waals surface area contributed by atoms with Crippen LogP contribution in [-0.4, -0.2) is 26.2 Å². The molecule has 0 aliphatic rings. The highest BCUT2D eigenvalue weighted by atomic mass is 31.2. The summed E-state index contributed by atoms with van der Waals surface area (Å²) in [5.74, 6) is 0. The average molecular weight is 449 g/mol. The highest BCUT2D eigenvalue weighted by Crippen LogP contribution is 2.53. The predicted octanol–water partition coefficient (Wildman–Crippen LogP) is 6.42. The molecule has 1 nitrogen and oxygen atoms in total. The van der Waals surface area contributed by atoms with Gasteiger partial charge in [0.1, 0.15) is 0 Å². The smallest absolute Gasteiger partial charge is 0.191 e. The molecule has 4 heteroatoms. The summed E-state index contributed by atoms with van der Waals surface area (Å²) < 4.78 is 1.61. The molecule has 3 aromatic carbocycles. The van der Waals surface area contributed by atoms with E-state index in [0.717, 1.165) is 5.56 Å². The van der Waals surface area contributed by atoms with Gasteiger partial charge in [-0.3, -0.25) is 4.79 Å². The van der Waals surface area contributed by atoms with Gasteiger partial charge in [-0.25, -0.2) is 0 Å². The van der Waals surface area contributed by atoms with Gasteiger partial charge in [0, 0.05) is 12.4 Å². The number of carbonyl (C=O) groups is 1. The molecule has 3 rings (SSSR count). The monoisotopic (exact) mass is 448 g/mol. The molecule has 0 unspecified atom stereocenters. The molecule has 0 N–H and O–H groups in total. The molecular formula is C26H33OPSi2. The second-order valence-electron chi connectivity index (χ2n) is 9.86. The van der Waals surface area contributed by atoms with Gasteiger partial charge < -0.3 is 0 Å². The minimum Gasteiger partial charge on any atom is -0.288 e. The van der Waals surface area contributed by atoms with E-state index in [0.29, 0.717) is 5.52 Å². The third kappa shape index (κ3) is 4.25. The number of benzene rings is 3. The molecule has 0 saturated carbocycles. The molecular weight excluding hydrogens is 415 g/mol. The molecule has 0 spiro atoms. The van der Waals surface area contributed by atoms with Crippen molar-refractivity contribution in [3.8, 4) is 0 Å². The maximum Gasteiger partial charge on any atom is 0.191 e. The minimum atomic E-state index is -2.47. The Morgan fingerprint density at radius 1 is 0.567 bits per heavy atom. The van der Waals surface area contributed by atoms with Gasteiger partial charge in [0.15, 0.2) is 5.52 Å². The zero-order valence-electron chi connectivity index (χ0n) is 19.0. The maximum atomic E-state index is 14.7. The minimum absolute atomic E-state index is 0.306. The highest BCUT2D eigenvalue weighted by molar-refractivity contribution is 8.08. The van der Waals surface area contributed by atoms with Crippen LogP contribution in [0.2, 0.25) is 39.3 Å². The first-order chi connectivity index (χ1) is 14.1. The highest BCUT2D eigenvalue weighted by Gasteiger charge is 2.44. The molecule has 0 saturated heterocycles. The van der Waals surface area contributed by atoms with Crippen LogP contribution in [0.25, 0.3) is 0 Å². The van der Waals surface area contributed by atoms with E-state index in [4.69, 9.17) is 0 Å². The van der Waals surface area contributed by atoms with Crippen molar-refractivity contribution in [1.82, 2.24) is 0 Å². The Morgan fingerprint density at radius 2 is 0.900 bits per heavy atom. The van der Waals surface area contributed by atoms with Gasteiger partial charge in [0.2, 0.25) is 0 Å². The van der Waals surface area contributed by atoms with Gasteiger partial charge in [-0.1, -0.05) is 135 Å². The summed E-state index contributed by atoms with van der Waals surface area (Å²) in [6.45, 7) is 12.1. The lowest BCUT2D eigenvalue weighted by Crippen LogP contribution is -2.53. The van der Waals surface area contributed by atoms with Gasteiger partial charge in [-0.2, -0.15) is 0 Å². The molecule has 0 bridgehead atoms. The van der Waals surface area contributed by atoms with Crippen LogP contribution < -0.4 is 10.6 Å². The molecule has 0 atom stereocenters. The Labute approximate surface area is 184 Å². The molecule has 3 aromatic rings. The van der Waals surface area contributed by atoms with Gasteiger partial charge >= 0.3 is 0 Å². The topological polar surface area (TPSA) is 17.1 Å². The number of hydrogen-bond donors (Lipinski definition) is 0. The van der Waals surface area contributed by atoms with Crippen LogP contribution in [0.15, 0.2) is 91.0 Å². The average Bonchev–Trinajstić information content (AvgIpc) is 2.71. The Balaban J connectivity index is 2.65. The van der Waals surface area contributed by atoms with Crippen molar-refractivity contribution < 1.29 is 4.79 Å². The van der Waals surface area contributed by atoms with E-state index < -0.39 is 23.0 Å². The standard InChI is InChI=1S/C26H33OPSi2/c1-29(2,3)26(30(4,5)6)28(23-18-12-8-13-19-23,24-20-14-9-15-21-24)25(27)22-16-10-7-11-17-22/h7-21H,1-6H3. The van der Waals surface area contributed by atoms with Crippen molar-refractivity contribution in [3.05, 3.63) is 96.6 Å². The Kier molecular flexibility index (Phi) is 6.57. The number of hydrogen-bond acceptors (Lipinski definition) is 1. The first-order valence-electron chi connectivity index (χ1n) is 10.6. The van der Waals surface area contributed by atoms with Gasteiger partial charge in [-0.15, -0.1) is 0 Å². The Hall–Kier alpha value is -1.94. The van der Waals surface area contributed by atoms with E-state index in [2.05, 4.69) is 99.9 Å². The van der Waals surface area contributed by atoms with Crippen LogP contribution in [0, 0.1) is 0 Å². The van der Waals surface area contributed by atoms with Crippen LogP contribution in [0.1, 0.15) is 10.4 Å². The van der Waals surface area contributed by atoms with Crippen LogP contribution in [0.3, 0.4) is 0 Å². The lowest BCUT2D eigenvalue weighted by atomic mass is 10.2. The number of rotatable bonds is 6. The zero-order valence-corrected chi connectivity index (χ0v) is 21.9. The third-order valence-corrected chi connectivity index (χ3v) is 22.4. The van der Waals surface area contributed by atoms with Gasteiger partial charge in [0.25, 0.3) is 0 Å². The van der Waals surface area contributed by atoms with Crippen molar-refractivity contribution >= 4 is 43.7 Å². The summed E-state index contributed by atoms with van der Waals surface area (Å²) in [7, 11) is -3.62. The summed E-state index contributed by atoms with van der Waals surface area (Å²) in [6, 6.07) is 31.2. The van der Waals surface area contributed by atoms with Gasteiger partial charge in [-0.05, 0) is 10.6 Å². The fourth-order valence-electron chi connectivity index (χ4n) is 4.95. The van der Waals surface area contributed by atoms with Crippen LogP contribution in [-0.2, 0) is 0 Å². The van der Waals surface area contributed by atoms with Crippen molar-refractivity contribution in [3.63, 3.8) is 0 Å². The predicted molar refractivity (Wildman–Crippen MR) is 142 cm³/mol. The molecule has 0 heterocycles. The SMILES string of the molecule is C[Si](C)(C)C([Si](C)(C)C)=P(C(=O)c1ccccc1)(c1ccccc1)c1ccccc1. The molecule has 0 fully saturated rings. The molecule has 30 heavy (non-hydrogen) atoms. The van der Waals surface area contributed by atoms with E-state index in [9.17, 15) is 4.79 Å². The maximum absolute atomic E-state index is 14.7. The fraction of sp³-hybridized carbons (Fsp3) is 0.231. The summed E-state index contributed by atoms with van der Waals surface area (Å²) in [5, 5.41) is 2.40. The Morgan fingerprint density at radius 3 is 1.23 bits per heavy atom. The van der Waals surface area contributed by atoms with E-state index in [1.54, 1.807) is 4.54 Å². The molecule has 0 aliphatic heterocycles. The summed E-state index contributed by atoms with van der Waals surface area (Å²) >= 11 is 0. The molecule has 0 radical (unpaired) electrons. The van der Waals surface area contributed by atoms with Crippen molar-refractivity contribution in [1.29, 1.82) is 0 Å². The van der Waals surface area contributed by atoms with Crippen LogP contribution in [0.5, 0.6) is 0 Å². The molecule has 0 aliphatic carbocycles. The van der Waals surface area contributed by atoms with E-state index in [1.165, 1.54) is 10.6 Å². The first kappa shape index (κ1) is 22.7. The molecule has 0 aromatic heterocycles. The molecule has 156 valence electrons. The summed E-state index contributed by atoms with van der Waals surface area (Å²) in [5.41, 5.74) is 1.13. The van der Waals surface area contributed by atoms with Crippen molar-refractivity contribution in [2.75, 3.05) is 0 Å². The molecule has 0 amide bonds. The van der Waals surface area contributed by atoms with Crippen molar-refractivity contribution in [2.24, 2.45) is 0 Å². The van der Waals surface area contributed by atoms with Crippen LogP contribution in [0.4, 0.5) is 0 Å². The van der Waals surface area contributed by atoms with E-state index >= 15 is 0 Å². The second kappa shape index (κ2) is 8.66. The van der Waals surface area contributed by atoms with Crippen molar-refractivity contribution in [2.45, 2.75) is 39.3 Å². The zero-order chi connectivity index (χ0) is 22.0. The van der Waals surface area contributed by atoms with Crippen LogP contribution >= 0.6 is 6.89 Å². The lowest BCUT2D eigenvalue weighted by molar-refractivity contribution is 0.108. The van der Waals surface area contributed by atoms with E-state index in [1.807, 2.05) is 30.3 Å². The largest absolute Gasteiger partial charge is 0.288 e. The fourth-order valence-corrected chi connectivity index (χ4v) is 27.4. The van der Waals surface area contributed by atoms with E-state index in [-0.39, 0.29) is 0 Å². The third-order valence-electron chi connectivity index (χ3n) is 5.37. The second-order valence-corrected chi connectivity index (χ2v) is 24.4. The number of carbonyl (C=O) groups excluding carboxylic acids is 1. The normalized spacial score (nSPS) is 12.5. The van der Waals surface area contributed by atoms with Gasteiger partial charge in [0.05, 0.1) is 16.1 Å².